The average molecular weight is 280 g/mol. The van der Waals surface area contributed by atoms with Crippen molar-refractivity contribution >= 4 is 17.7 Å². The summed E-state index contributed by atoms with van der Waals surface area (Å²) in [5.41, 5.74) is 0.651. The van der Waals surface area contributed by atoms with Gasteiger partial charge in [-0.3, -0.25) is 9.69 Å². The fraction of sp³-hybridized carbons (Fsp3) is 0.429. The Morgan fingerprint density at radius 3 is 2.65 bits per heavy atom. The lowest BCUT2D eigenvalue weighted by Crippen LogP contribution is -2.42. The van der Waals surface area contributed by atoms with Crippen LogP contribution in [0.1, 0.15) is 19.8 Å². The molecule has 0 radical (unpaired) electrons. The second kappa shape index (κ2) is 7.37. The Morgan fingerprint density at radius 2 is 2.05 bits per heavy atom. The van der Waals surface area contributed by atoms with Crippen LogP contribution in [0.2, 0.25) is 0 Å². The zero-order chi connectivity index (χ0) is 15.1. The second-order valence-electron chi connectivity index (χ2n) is 4.51. The molecule has 20 heavy (non-hydrogen) atoms. The predicted octanol–water partition coefficient (Wildman–Crippen LogP) is 2.09. The summed E-state index contributed by atoms with van der Waals surface area (Å²) in [5, 5.41) is 11.4. The molecule has 0 aromatic heterocycles. The maximum absolute atomic E-state index is 12.1. The zero-order valence-electron chi connectivity index (χ0n) is 11.9. The highest BCUT2D eigenvalue weighted by atomic mass is 16.5. The summed E-state index contributed by atoms with van der Waals surface area (Å²) in [7, 11) is 3.18. The lowest BCUT2D eigenvalue weighted by Gasteiger charge is -2.22. The molecule has 1 unspecified atom stereocenters. The van der Waals surface area contributed by atoms with Gasteiger partial charge in [-0.05, 0) is 25.5 Å². The maximum Gasteiger partial charge on any atom is 0.321 e. The van der Waals surface area contributed by atoms with Gasteiger partial charge < -0.3 is 15.2 Å². The van der Waals surface area contributed by atoms with Crippen molar-refractivity contribution in [2.24, 2.45) is 0 Å². The minimum Gasteiger partial charge on any atom is -0.495 e. The van der Waals surface area contributed by atoms with Crippen molar-refractivity contribution in [3.63, 3.8) is 0 Å². The number of carboxylic acids is 1. The number of carboxylic acid groups (broad SMARTS) is 1. The van der Waals surface area contributed by atoms with Crippen molar-refractivity contribution in [3.8, 4) is 5.75 Å². The molecular weight excluding hydrogens is 260 g/mol. The van der Waals surface area contributed by atoms with E-state index in [-0.39, 0.29) is 18.5 Å². The van der Waals surface area contributed by atoms with Gasteiger partial charge in [-0.25, -0.2) is 4.79 Å². The SMILES string of the molecule is COc1ccccc1N(C)C(=O)NC(C)CCC(=O)O. The van der Waals surface area contributed by atoms with E-state index in [1.807, 2.05) is 12.1 Å². The molecule has 0 aliphatic carbocycles. The number of hydrogen-bond donors (Lipinski definition) is 2. The fourth-order valence-corrected chi connectivity index (χ4v) is 1.74. The van der Waals surface area contributed by atoms with Gasteiger partial charge >= 0.3 is 12.0 Å². The molecule has 0 fully saturated rings. The summed E-state index contributed by atoms with van der Waals surface area (Å²) >= 11 is 0. The van der Waals surface area contributed by atoms with E-state index >= 15 is 0 Å². The van der Waals surface area contributed by atoms with Gasteiger partial charge in [0.05, 0.1) is 12.8 Å². The van der Waals surface area contributed by atoms with Crippen molar-refractivity contribution in [1.29, 1.82) is 0 Å². The largest absolute Gasteiger partial charge is 0.495 e. The van der Waals surface area contributed by atoms with Gasteiger partial charge in [-0.1, -0.05) is 12.1 Å². The normalized spacial score (nSPS) is 11.6. The van der Waals surface area contributed by atoms with Gasteiger partial charge in [0.25, 0.3) is 0 Å². The zero-order valence-corrected chi connectivity index (χ0v) is 11.9. The molecular formula is C14H20N2O4. The highest BCUT2D eigenvalue weighted by Gasteiger charge is 2.16. The fourth-order valence-electron chi connectivity index (χ4n) is 1.74. The average Bonchev–Trinajstić information content (AvgIpc) is 2.44. The molecule has 0 spiro atoms. The molecule has 0 heterocycles. The molecule has 0 bridgehead atoms. The Kier molecular flexibility index (Phi) is 5.83. The van der Waals surface area contributed by atoms with Crippen molar-refractivity contribution in [2.45, 2.75) is 25.8 Å². The first kappa shape index (κ1) is 15.8. The number of carbonyl (C=O) groups is 2. The molecule has 1 atom stereocenters. The van der Waals surface area contributed by atoms with E-state index in [1.165, 1.54) is 4.90 Å². The Bertz CT molecular complexity index is 476. The number of benzene rings is 1. The standard InChI is InChI=1S/C14H20N2O4/c1-10(8-9-13(17)18)15-14(19)16(2)11-6-4-5-7-12(11)20-3/h4-7,10H,8-9H2,1-3H3,(H,15,19)(H,17,18). The van der Waals surface area contributed by atoms with Crippen LogP contribution in [0.25, 0.3) is 0 Å². The lowest BCUT2D eigenvalue weighted by atomic mass is 10.2. The predicted molar refractivity (Wildman–Crippen MR) is 76.3 cm³/mol. The molecule has 0 saturated heterocycles. The van der Waals surface area contributed by atoms with Crippen LogP contribution < -0.4 is 15.0 Å². The number of anilines is 1. The van der Waals surface area contributed by atoms with E-state index in [0.29, 0.717) is 17.9 Å². The quantitative estimate of drug-likeness (QED) is 0.836. The van der Waals surface area contributed by atoms with Crippen molar-refractivity contribution < 1.29 is 19.4 Å². The topological polar surface area (TPSA) is 78.9 Å². The summed E-state index contributed by atoms with van der Waals surface area (Å²) in [4.78, 5) is 24.0. The number of ether oxygens (including phenoxy) is 1. The highest BCUT2D eigenvalue weighted by molar-refractivity contribution is 5.93. The molecule has 1 aromatic rings. The number of hydrogen-bond acceptors (Lipinski definition) is 3. The van der Waals surface area contributed by atoms with Gasteiger partial charge in [0.1, 0.15) is 5.75 Å². The van der Waals surface area contributed by atoms with Crippen molar-refractivity contribution in [2.75, 3.05) is 19.1 Å². The molecule has 2 amide bonds. The minimum absolute atomic E-state index is 0.0276. The maximum atomic E-state index is 12.1. The lowest BCUT2D eigenvalue weighted by molar-refractivity contribution is -0.137. The first-order chi connectivity index (χ1) is 9.45. The van der Waals surface area contributed by atoms with Crippen LogP contribution in [-0.2, 0) is 4.79 Å². The van der Waals surface area contributed by atoms with Gasteiger partial charge in [-0.15, -0.1) is 0 Å². The molecule has 2 N–H and O–H groups in total. The van der Waals surface area contributed by atoms with E-state index < -0.39 is 5.97 Å². The molecule has 1 rings (SSSR count). The first-order valence-corrected chi connectivity index (χ1v) is 6.34. The molecule has 0 aliphatic heterocycles. The van der Waals surface area contributed by atoms with Crippen LogP contribution in [0.5, 0.6) is 5.75 Å². The summed E-state index contributed by atoms with van der Waals surface area (Å²) in [5.74, 6) is -0.271. The molecule has 1 aromatic carbocycles. The van der Waals surface area contributed by atoms with E-state index in [2.05, 4.69) is 5.32 Å². The number of para-hydroxylation sites is 2. The Balaban J connectivity index is 2.64. The summed E-state index contributed by atoms with van der Waals surface area (Å²) in [6, 6.07) is 6.68. The van der Waals surface area contributed by atoms with Crippen LogP contribution >= 0.6 is 0 Å². The van der Waals surface area contributed by atoms with Crippen LogP contribution in [0.3, 0.4) is 0 Å². The van der Waals surface area contributed by atoms with Gasteiger partial charge in [0.2, 0.25) is 0 Å². The number of methoxy groups -OCH3 is 1. The number of aliphatic carboxylic acids is 1. The van der Waals surface area contributed by atoms with Crippen molar-refractivity contribution in [3.05, 3.63) is 24.3 Å². The van der Waals surface area contributed by atoms with E-state index in [0.717, 1.165) is 0 Å². The van der Waals surface area contributed by atoms with Crippen molar-refractivity contribution in [1.82, 2.24) is 5.32 Å². The van der Waals surface area contributed by atoms with Gasteiger partial charge in [0.15, 0.2) is 0 Å². The first-order valence-electron chi connectivity index (χ1n) is 6.34. The Labute approximate surface area is 118 Å². The second-order valence-corrected chi connectivity index (χ2v) is 4.51. The minimum atomic E-state index is -0.871. The van der Waals surface area contributed by atoms with Crippen LogP contribution in [0.4, 0.5) is 10.5 Å². The molecule has 6 nitrogen and oxygen atoms in total. The smallest absolute Gasteiger partial charge is 0.321 e. The number of carbonyl (C=O) groups excluding carboxylic acids is 1. The van der Waals surface area contributed by atoms with E-state index in [9.17, 15) is 9.59 Å². The third-order valence-electron chi connectivity index (χ3n) is 2.91. The monoisotopic (exact) mass is 280 g/mol. The number of nitrogens with zero attached hydrogens (tertiary/aromatic N) is 1. The summed E-state index contributed by atoms with van der Waals surface area (Å²) in [6.07, 6.45) is 0.417. The Morgan fingerprint density at radius 1 is 1.40 bits per heavy atom. The Hall–Kier alpha value is -2.24. The van der Waals surface area contributed by atoms with E-state index in [4.69, 9.17) is 9.84 Å². The van der Waals surface area contributed by atoms with Gasteiger partial charge in [0, 0.05) is 19.5 Å². The number of urea groups is 1. The number of amides is 2. The third-order valence-corrected chi connectivity index (χ3v) is 2.91. The van der Waals surface area contributed by atoms with Crippen LogP contribution in [-0.4, -0.2) is 37.3 Å². The third kappa shape index (κ3) is 4.46. The molecule has 110 valence electrons. The highest BCUT2D eigenvalue weighted by Crippen LogP contribution is 2.26. The summed E-state index contributed by atoms with van der Waals surface area (Å²) < 4.78 is 5.20. The molecule has 0 saturated carbocycles. The summed E-state index contributed by atoms with van der Waals surface area (Å²) in [6.45, 7) is 1.77. The van der Waals surface area contributed by atoms with E-state index in [1.54, 1.807) is 33.2 Å². The van der Waals surface area contributed by atoms with Gasteiger partial charge in [-0.2, -0.15) is 0 Å². The van der Waals surface area contributed by atoms with Crippen LogP contribution in [0, 0.1) is 0 Å². The van der Waals surface area contributed by atoms with Crippen LogP contribution in [0.15, 0.2) is 24.3 Å². The number of nitrogens with one attached hydrogen (secondary N) is 1. The number of rotatable bonds is 6. The molecule has 6 heteroatoms. The molecule has 0 aliphatic rings.